The molecule has 0 fully saturated rings. The Morgan fingerprint density at radius 2 is 2.00 bits per heavy atom. The molecule has 0 bridgehead atoms. The summed E-state index contributed by atoms with van der Waals surface area (Å²) in [6, 6.07) is 14.6. The van der Waals surface area contributed by atoms with Gasteiger partial charge in [0, 0.05) is 30.4 Å². The van der Waals surface area contributed by atoms with Crippen LogP contribution < -0.4 is 5.32 Å². The van der Waals surface area contributed by atoms with Crippen molar-refractivity contribution in [2.75, 3.05) is 0 Å². The van der Waals surface area contributed by atoms with Gasteiger partial charge >= 0.3 is 0 Å². The van der Waals surface area contributed by atoms with Crippen LogP contribution in [-0.2, 0) is 19.6 Å². The highest BCUT2D eigenvalue weighted by Crippen LogP contribution is 2.26. The van der Waals surface area contributed by atoms with Gasteiger partial charge in [0.25, 0.3) is 0 Å². The van der Waals surface area contributed by atoms with Gasteiger partial charge in [-0.1, -0.05) is 30.3 Å². The molecule has 25 heavy (non-hydrogen) atoms. The van der Waals surface area contributed by atoms with Gasteiger partial charge in [0.2, 0.25) is 5.89 Å². The topological polar surface area (TPSA) is 55.9 Å². The van der Waals surface area contributed by atoms with E-state index in [0.29, 0.717) is 12.4 Å². The summed E-state index contributed by atoms with van der Waals surface area (Å²) in [7, 11) is 0. The Kier molecular flexibility index (Phi) is 3.21. The van der Waals surface area contributed by atoms with Crippen molar-refractivity contribution in [2.24, 2.45) is 0 Å². The molecule has 1 aliphatic heterocycles. The Balaban J connectivity index is 1.47. The van der Waals surface area contributed by atoms with E-state index in [2.05, 4.69) is 46.9 Å². The second-order valence-corrected chi connectivity index (χ2v) is 6.49. The zero-order chi connectivity index (χ0) is 16.8. The van der Waals surface area contributed by atoms with Crippen molar-refractivity contribution in [1.82, 2.24) is 20.1 Å². The zero-order valence-electron chi connectivity index (χ0n) is 14.0. The lowest BCUT2D eigenvalue weighted by molar-refractivity contribution is 0.535. The van der Waals surface area contributed by atoms with E-state index in [1.807, 2.05) is 23.7 Å². The molecule has 0 radical (unpaired) electrons. The van der Waals surface area contributed by atoms with Gasteiger partial charge in [-0.2, -0.15) is 5.10 Å². The molecule has 5 nitrogen and oxygen atoms in total. The van der Waals surface area contributed by atoms with Crippen LogP contribution in [0, 0.1) is 6.92 Å². The van der Waals surface area contributed by atoms with Gasteiger partial charge in [-0.25, -0.2) is 4.98 Å². The van der Waals surface area contributed by atoms with Crippen molar-refractivity contribution in [3.05, 3.63) is 71.4 Å². The highest BCUT2D eigenvalue weighted by Gasteiger charge is 2.17. The van der Waals surface area contributed by atoms with E-state index >= 15 is 0 Å². The molecule has 2 aromatic carbocycles. The van der Waals surface area contributed by atoms with Crippen LogP contribution in [0.5, 0.6) is 0 Å². The third kappa shape index (κ3) is 2.53. The van der Waals surface area contributed by atoms with E-state index in [1.54, 1.807) is 0 Å². The molecule has 5 rings (SSSR count). The van der Waals surface area contributed by atoms with E-state index in [4.69, 9.17) is 9.40 Å². The lowest BCUT2D eigenvalue weighted by Crippen LogP contribution is -2.07. The molecule has 0 atom stereocenters. The first-order valence-corrected chi connectivity index (χ1v) is 8.48. The van der Waals surface area contributed by atoms with E-state index < -0.39 is 0 Å². The van der Waals surface area contributed by atoms with Crippen LogP contribution in [0.3, 0.4) is 0 Å². The SMILES string of the molecule is Cc1oc(-c2ccc3ccccc3c2)nc1Cn1cc2c(n1)CNC2. The Labute approximate surface area is 145 Å². The number of aromatic nitrogens is 3. The second kappa shape index (κ2) is 5.57. The maximum absolute atomic E-state index is 5.93. The first kappa shape index (κ1) is 14.4. The second-order valence-electron chi connectivity index (χ2n) is 6.49. The minimum absolute atomic E-state index is 0.635. The first-order valence-electron chi connectivity index (χ1n) is 8.48. The van der Waals surface area contributed by atoms with Crippen molar-refractivity contribution in [1.29, 1.82) is 0 Å². The standard InChI is InChI=1S/C20H18N4O/c1-13-19(12-24-11-17-9-21-10-18(17)23-24)22-20(25-13)16-7-6-14-4-2-3-5-15(14)8-16/h2-8,11,21H,9-10,12H2,1H3. The molecular formula is C20H18N4O. The number of nitrogens with zero attached hydrogens (tertiary/aromatic N) is 3. The molecule has 1 N–H and O–H groups in total. The van der Waals surface area contributed by atoms with Gasteiger partial charge in [0.1, 0.15) is 11.5 Å². The van der Waals surface area contributed by atoms with Crippen LogP contribution in [0.2, 0.25) is 0 Å². The largest absolute Gasteiger partial charge is 0.441 e. The molecule has 0 unspecified atom stereocenters. The Morgan fingerprint density at radius 1 is 1.12 bits per heavy atom. The summed E-state index contributed by atoms with van der Waals surface area (Å²) in [6.07, 6.45) is 2.10. The minimum Gasteiger partial charge on any atom is -0.441 e. The Morgan fingerprint density at radius 3 is 2.88 bits per heavy atom. The number of nitrogens with one attached hydrogen (secondary N) is 1. The summed E-state index contributed by atoms with van der Waals surface area (Å²) in [4.78, 5) is 4.72. The normalized spacial score (nSPS) is 13.5. The maximum atomic E-state index is 5.93. The summed E-state index contributed by atoms with van der Waals surface area (Å²) in [5.41, 5.74) is 4.34. The monoisotopic (exact) mass is 330 g/mol. The average molecular weight is 330 g/mol. The lowest BCUT2D eigenvalue weighted by atomic mass is 10.1. The van der Waals surface area contributed by atoms with Gasteiger partial charge in [-0.05, 0) is 29.8 Å². The third-order valence-corrected chi connectivity index (χ3v) is 4.73. The highest BCUT2D eigenvalue weighted by molar-refractivity contribution is 5.86. The molecule has 5 heteroatoms. The number of hydrogen-bond donors (Lipinski definition) is 1. The summed E-state index contributed by atoms with van der Waals surface area (Å²) in [5, 5.41) is 10.3. The fourth-order valence-electron chi connectivity index (χ4n) is 3.37. The molecular weight excluding hydrogens is 312 g/mol. The average Bonchev–Trinajstić information content (AvgIpc) is 3.30. The highest BCUT2D eigenvalue weighted by atomic mass is 16.4. The molecule has 4 aromatic rings. The molecule has 0 saturated carbocycles. The number of oxazole rings is 1. The predicted molar refractivity (Wildman–Crippen MR) is 96.1 cm³/mol. The minimum atomic E-state index is 0.635. The fraction of sp³-hybridized carbons (Fsp3) is 0.200. The van der Waals surface area contributed by atoms with Crippen LogP contribution in [0.1, 0.15) is 22.7 Å². The summed E-state index contributed by atoms with van der Waals surface area (Å²) in [6.45, 7) is 4.35. The van der Waals surface area contributed by atoms with E-state index in [9.17, 15) is 0 Å². The summed E-state index contributed by atoms with van der Waals surface area (Å²) in [5.74, 6) is 1.51. The third-order valence-electron chi connectivity index (χ3n) is 4.73. The van der Waals surface area contributed by atoms with Gasteiger partial charge < -0.3 is 9.73 Å². The lowest BCUT2D eigenvalue weighted by Gasteiger charge is -2.00. The van der Waals surface area contributed by atoms with Crippen molar-refractivity contribution in [2.45, 2.75) is 26.6 Å². The quantitative estimate of drug-likeness (QED) is 0.623. The smallest absolute Gasteiger partial charge is 0.226 e. The van der Waals surface area contributed by atoms with Crippen molar-refractivity contribution in [3.63, 3.8) is 0 Å². The van der Waals surface area contributed by atoms with Crippen LogP contribution in [0.15, 0.2) is 53.1 Å². The van der Waals surface area contributed by atoms with E-state index in [-0.39, 0.29) is 0 Å². The number of aryl methyl sites for hydroxylation is 1. The van der Waals surface area contributed by atoms with Crippen molar-refractivity contribution >= 4 is 10.8 Å². The molecule has 2 aromatic heterocycles. The van der Waals surface area contributed by atoms with Gasteiger partial charge in [-0.15, -0.1) is 0 Å². The molecule has 124 valence electrons. The molecule has 0 spiro atoms. The van der Waals surface area contributed by atoms with Crippen molar-refractivity contribution < 1.29 is 4.42 Å². The number of benzene rings is 2. The van der Waals surface area contributed by atoms with Gasteiger partial charge in [0.15, 0.2) is 0 Å². The first-order chi connectivity index (χ1) is 12.3. The van der Waals surface area contributed by atoms with Crippen molar-refractivity contribution in [3.8, 4) is 11.5 Å². The Bertz CT molecular complexity index is 1050. The Hall–Kier alpha value is -2.92. The maximum Gasteiger partial charge on any atom is 0.226 e. The molecule has 0 aliphatic carbocycles. The molecule has 3 heterocycles. The number of rotatable bonds is 3. The van der Waals surface area contributed by atoms with E-state index in [0.717, 1.165) is 35.8 Å². The zero-order valence-corrected chi connectivity index (χ0v) is 14.0. The van der Waals surface area contributed by atoms with Crippen LogP contribution >= 0.6 is 0 Å². The number of hydrogen-bond acceptors (Lipinski definition) is 4. The van der Waals surface area contributed by atoms with Crippen LogP contribution in [-0.4, -0.2) is 14.8 Å². The molecule has 0 amide bonds. The predicted octanol–water partition coefficient (Wildman–Crippen LogP) is 3.65. The van der Waals surface area contributed by atoms with Gasteiger partial charge in [-0.3, -0.25) is 4.68 Å². The molecule has 1 aliphatic rings. The number of fused-ring (bicyclic) bond motifs is 2. The summed E-state index contributed by atoms with van der Waals surface area (Å²) >= 11 is 0. The fourth-order valence-corrected chi connectivity index (χ4v) is 3.37. The van der Waals surface area contributed by atoms with Crippen LogP contribution in [0.25, 0.3) is 22.2 Å². The van der Waals surface area contributed by atoms with E-state index in [1.165, 1.54) is 16.3 Å². The van der Waals surface area contributed by atoms with Gasteiger partial charge in [0.05, 0.1) is 12.2 Å². The van der Waals surface area contributed by atoms with Crippen LogP contribution in [0.4, 0.5) is 0 Å². The summed E-state index contributed by atoms with van der Waals surface area (Å²) < 4.78 is 7.89. The molecule has 0 saturated heterocycles.